The molecule has 4 heterocycles. The van der Waals surface area contributed by atoms with Crippen molar-refractivity contribution in [3.63, 3.8) is 0 Å². The van der Waals surface area contributed by atoms with Gasteiger partial charge in [0.1, 0.15) is 28.9 Å². The van der Waals surface area contributed by atoms with Crippen molar-refractivity contribution in [2.45, 2.75) is 61.3 Å². The number of aliphatic carboxylic acids is 1. The van der Waals surface area contributed by atoms with Crippen molar-refractivity contribution < 1.29 is 24.3 Å². The zero-order valence-corrected chi connectivity index (χ0v) is 23.7. The third-order valence-electron chi connectivity index (χ3n) is 6.56. The standard InChI is InChI=1S/C22H28N10O5S3/c23-6-3-7-31-22(27-29-30-31)40-9-11-8-38-19-15(18(34)32(19)16(11)20(35)36)26-17(33)14(13-10-39-21(24)25-13)28-37-12-4-1-2-5-12/h10,12,15,19H,1-9,23H2,(H2,24,25)(H,26,33)(H,35,36)/t15?,19-/m0/s1. The Morgan fingerprint density at radius 2 is 2.12 bits per heavy atom. The molecule has 2 atom stereocenters. The number of nitrogens with zero attached hydrogens (tertiary/aromatic N) is 7. The van der Waals surface area contributed by atoms with Crippen LogP contribution in [0, 0.1) is 0 Å². The average Bonchev–Trinajstić information content (AvgIpc) is 3.71. The Kier molecular flexibility index (Phi) is 8.87. The van der Waals surface area contributed by atoms with E-state index in [2.05, 4.69) is 31.0 Å². The number of amides is 2. The maximum absolute atomic E-state index is 13.3. The van der Waals surface area contributed by atoms with E-state index in [9.17, 15) is 19.5 Å². The van der Waals surface area contributed by atoms with E-state index in [-0.39, 0.29) is 34.1 Å². The van der Waals surface area contributed by atoms with Gasteiger partial charge >= 0.3 is 5.97 Å². The molecule has 1 saturated carbocycles. The van der Waals surface area contributed by atoms with Crippen LogP contribution in [0.3, 0.4) is 0 Å². The van der Waals surface area contributed by atoms with Gasteiger partial charge in [0, 0.05) is 23.4 Å². The van der Waals surface area contributed by atoms with E-state index < -0.39 is 29.2 Å². The number of nitrogen functional groups attached to an aromatic ring is 1. The van der Waals surface area contributed by atoms with Crippen molar-refractivity contribution in [2.75, 3.05) is 23.8 Å². The Morgan fingerprint density at radius 3 is 2.83 bits per heavy atom. The topological polar surface area (TPSA) is 217 Å². The molecule has 1 aliphatic carbocycles. The number of oxime groups is 1. The van der Waals surface area contributed by atoms with Crippen LogP contribution in [0.1, 0.15) is 37.8 Å². The molecule has 2 aliphatic heterocycles. The lowest BCUT2D eigenvalue weighted by molar-refractivity contribution is -0.150. The van der Waals surface area contributed by atoms with Gasteiger partial charge in [-0.25, -0.2) is 14.5 Å². The highest BCUT2D eigenvalue weighted by Crippen LogP contribution is 2.41. The molecule has 214 valence electrons. The lowest BCUT2D eigenvalue weighted by Gasteiger charge is -2.49. The Bertz CT molecular complexity index is 1340. The molecular formula is C22H28N10O5S3. The predicted molar refractivity (Wildman–Crippen MR) is 148 cm³/mol. The number of tetrazole rings is 1. The van der Waals surface area contributed by atoms with Crippen molar-refractivity contribution in [2.24, 2.45) is 10.9 Å². The van der Waals surface area contributed by atoms with Crippen LogP contribution in [-0.4, -0.2) is 94.3 Å². The van der Waals surface area contributed by atoms with Gasteiger partial charge in [-0.1, -0.05) is 16.9 Å². The van der Waals surface area contributed by atoms with Crippen LogP contribution >= 0.6 is 34.9 Å². The van der Waals surface area contributed by atoms with E-state index >= 15 is 0 Å². The summed E-state index contributed by atoms with van der Waals surface area (Å²) in [6.45, 7) is 1.04. The molecule has 1 saturated heterocycles. The maximum atomic E-state index is 13.3. The third kappa shape index (κ3) is 5.93. The number of carbonyl (C=O) groups is 3. The fourth-order valence-electron chi connectivity index (χ4n) is 4.56. The molecule has 1 unspecified atom stereocenters. The molecule has 2 amide bonds. The number of thioether (sulfide) groups is 2. The average molecular weight is 609 g/mol. The van der Waals surface area contributed by atoms with E-state index in [1.165, 1.54) is 28.4 Å². The molecule has 2 fully saturated rings. The van der Waals surface area contributed by atoms with Gasteiger partial charge in [0.05, 0.1) is 0 Å². The van der Waals surface area contributed by atoms with Crippen LogP contribution in [0.25, 0.3) is 0 Å². The smallest absolute Gasteiger partial charge is 0.352 e. The summed E-state index contributed by atoms with van der Waals surface area (Å²) >= 11 is 3.82. The van der Waals surface area contributed by atoms with E-state index in [1.807, 2.05) is 0 Å². The summed E-state index contributed by atoms with van der Waals surface area (Å²) in [5.74, 6) is -1.74. The second-order valence-corrected chi connectivity index (χ2v) is 12.2. The second kappa shape index (κ2) is 12.5. The monoisotopic (exact) mass is 608 g/mol. The van der Waals surface area contributed by atoms with Crippen molar-refractivity contribution in [1.82, 2.24) is 35.4 Å². The Balaban J connectivity index is 1.28. The minimum absolute atomic E-state index is 0.0784. The zero-order valence-electron chi connectivity index (χ0n) is 21.3. The van der Waals surface area contributed by atoms with Gasteiger partial charge in [0.25, 0.3) is 11.8 Å². The highest BCUT2D eigenvalue weighted by molar-refractivity contribution is 8.01. The number of β-lactam (4-membered cyclic amide) rings is 1. The summed E-state index contributed by atoms with van der Waals surface area (Å²) < 4.78 is 1.61. The number of carboxylic acid groups (broad SMARTS) is 1. The predicted octanol–water partition coefficient (Wildman–Crippen LogP) is 0.255. The molecule has 0 spiro atoms. The second-order valence-electron chi connectivity index (χ2n) is 9.26. The number of hydrogen-bond acceptors (Lipinski definition) is 14. The minimum Gasteiger partial charge on any atom is -0.477 e. The summed E-state index contributed by atoms with van der Waals surface area (Å²) in [7, 11) is 0. The van der Waals surface area contributed by atoms with Crippen molar-refractivity contribution in [3.8, 4) is 0 Å². The third-order valence-corrected chi connectivity index (χ3v) is 9.62. The number of nitrogens with two attached hydrogens (primary N) is 2. The number of nitrogens with one attached hydrogen (secondary N) is 1. The number of anilines is 1. The molecule has 0 radical (unpaired) electrons. The van der Waals surface area contributed by atoms with E-state index in [0.717, 1.165) is 37.0 Å². The largest absolute Gasteiger partial charge is 0.477 e. The van der Waals surface area contributed by atoms with Gasteiger partial charge in [-0.3, -0.25) is 14.5 Å². The van der Waals surface area contributed by atoms with Gasteiger partial charge in [-0.2, -0.15) is 0 Å². The Labute approximate surface area is 241 Å². The number of thiazole rings is 1. The van der Waals surface area contributed by atoms with Crippen LogP contribution in [0.4, 0.5) is 5.13 Å². The Hall–Kier alpha value is -3.22. The molecule has 3 aliphatic rings. The fraction of sp³-hybridized carbons (Fsp3) is 0.545. The molecule has 5 rings (SSSR count). The van der Waals surface area contributed by atoms with Gasteiger partial charge in [-0.15, -0.1) is 28.2 Å². The van der Waals surface area contributed by atoms with Crippen LogP contribution in [0.5, 0.6) is 0 Å². The number of carboxylic acids is 1. The zero-order chi connectivity index (χ0) is 28.2. The number of carbonyl (C=O) groups excluding carboxylic acids is 2. The molecule has 6 N–H and O–H groups in total. The van der Waals surface area contributed by atoms with Crippen molar-refractivity contribution in [3.05, 3.63) is 22.3 Å². The number of fused-ring (bicyclic) bond motifs is 1. The highest BCUT2D eigenvalue weighted by atomic mass is 32.2. The normalized spacial score (nSPS) is 21.4. The number of rotatable bonds is 12. The summed E-state index contributed by atoms with van der Waals surface area (Å²) in [5.41, 5.74) is 12.0. The first-order valence-corrected chi connectivity index (χ1v) is 15.5. The SMILES string of the molecule is NCCCn1nnnc1SCC1=C(C(=O)O)N2C(=O)C(NC(=O)C(=NOC3CCCC3)c3csc(N)n3)[C@@H]2SC1. The molecule has 0 bridgehead atoms. The van der Waals surface area contributed by atoms with Gasteiger partial charge in [0.2, 0.25) is 5.16 Å². The summed E-state index contributed by atoms with van der Waals surface area (Å²) in [6.07, 6.45) is 4.37. The lowest BCUT2D eigenvalue weighted by atomic mass is 10.0. The number of aryl methyl sites for hydroxylation is 1. The van der Waals surface area contributed by atoms with Crippen molar-refractivity contribution >= 4 is 63.5 Å². The number of hydrogen-bond donors (Lipinski definition) is 4. The maximum Gasteiger partial charge on any atom is 0.352 e. The van der Waals surface area contributed by atoms with Gasteiger partial charge in [0.15, 0.2) is 10.8 Å². The van der Waals surface area contributed by atoms with E-state index in [0.29, 0.717) is 36.0 Å². The van der Waals surface area contributed by atoms with Gasteiger partial charge < -0.3 is 26.7 Å². The quantitative estimate of drug-likeness (QED) is 0.110. The first kappa shape index (κ1) is 28.3. The first-order chi connectivity index (χ1) is 19.4. The van der Waals surface area contributed by atoms with Crippen LogP contribution in [0.2, 0.25) is 0 Å². The molecule has 15 nitrogen and oxygen atoms in total. The van der Waals surface area contributed by atoms with E-state index in [4.69, 9.17) is 16.3 Å². The van der Waals surface area contributed by atoms with Crippen LogP contribution < -0.4 is 16.8 Å². The van der Waals surface area contributed by atoms with Gasteiger partial charge in [-0.05, 0) is 54.6 Å². The molecular weight excluding hydrogens is 581 g/mol. The summed E-state index contributed by atoms with van der Waals surface area (Å²) in [5, 5.41) is 30.2. The first-order valence-electron chi connectivity index (χ1n) is 12.6. The summed E-state index contributed by atoms with van der Waals surface area (Å²) in [6, 6.07) is -0.933. The van der Waals surface area contributed by atoms with E-state index in [1.54, 1.807) is 10.1 Å². The Morgan fingerprint density at radius 1 is 1.32 bits per heavy atom. The minimum atomic E-state index is -1.22. The van der Waals surface area contributed by atoms with Crippen LogP contribution in [0.15, 0.2) is 27.0 Å². The molecule has 2 aromatic heterocycles. The van der Waals surface area contributed by atoms with Crippen LogP contribution in [-0.2, 0) is 25.8 Å². The highest BCUT2D eigenvalue weighted by Gasteiger charge is 2.54. The molecule has 18 heteroatoms. The fourth-order valence-corrected chi connectivity index (χ4v) is 7.49. The number of aromatic nitrogens is 5. The molecule has 40 heavy (non-hydrogen) atoms. The summed E-state index contributed by atoms with van der Waals surface area (Å²) in [4.78, 5) is 49.6. The molecule has 0 aromatic carbocycles. The molecule has 2 aromatic rings. The van der Waals surface area contributed by atoms with Crippen molar-refractivity contribution in [1.29, 1.82) is 0 Å². The lowest BCUT2D eigenvalue weighted by Crippen LogP contribution is -2.71.